The van der Waals surface area contributed by atoms with Crippen molar-refractivity contribution in [3.8, 4) is 11.5 Å². The molecular weight excluding hydrogens is 525 g/mol. The molecule has 2 aromatic rings. The first-order valence-electron chi connectivity index (χ1n) is 9.16. The Morgan fingerprint density at radius 3 is 1.15 bits per heavy atom. The molecule has 0 fully saturated rings. The summed E-state index contributed by atoms with van der Waals surface area (Å²) >= 11 is 0. The first-order chi connectivity index (χ1) is 15.0. The monoisotopic (exact) mass is 544 g/mol. The minimum Gasteiger partial charge on any atom is -0.508 e. The zero-order valence-electron chi connectivity index (χ0n) is 17.2. The van der Waals surface area contributed by atoms with E-state index in [1.54, 1.807) is 0 Å². The maximum atomic E-state index is 11.9. The fourth-order valence-electron chi connectivity index (χ4n) is 2.04. The van der Waals surface area contributed by atoms with Crippen molar-refractivity contribution in [2.24, 2.45) is 0 Å². The topological polar surface area (TPSA) is 40.5 Å². The Labute approximate surface area is 207 Å². The van der Waals surface area contributed by atoms with Crippen molar-refractivity contribution in [2.45, 2.75) is 25.2 Å². The molecule has 0 bridgehead atoms. The second-order valence-corrected chi connectivity index (χ2v) is 6.10. The van der Waals surface area contributed by atoms with Gasteiger partial charge in [-0.05, 0) is 36.4 Å². The van der Waals surface area contributed by atoms with Gasteiger partial charge in [-0.3, -0.25) is 12.2 Å². The minimum absolute atomic E-state index is 0. The number of phenols is 2. The molecule has 2 N–H and O–H groups in total. The van der Waals surface area contributed by atoms with Crippen LogP contribution in [-0.2, 0) is 38.6 Å². The van der Waals surface area contributed by atoms with Gasteiger partial charge in [0, 0.05) is 0 Å². The third-order valence-electron chi connectivity index (χ3n) is 3.52. The SMILES string of the molecule is Oc1cccc(C(F)(F)F)c1.Oc1cccc(C(F)(F)F)c1.[C-]1=CC=CC1.[C-]1=CC=CC1.[Zr+2]. The summed E-state index contributed by atoms with van der Waals surface area (Å²) in [4.78, 5) is 0. The molecule has 0 amide bonds. The van der Waals surface area contributed by atoms with Gasteiger partial charge in [0.2, 0.25) is 0 Å². The molecule has 174 valence electrons. The van der Waals surface area contributed by atoms with Gasteiger partial charge in [0.25, 0.3) is 0 Å². The molecule has 4 rings (SSSR count). The normalized spacial score (nSPS) is 13.0. The molecular formula is C24H20F6O2Zr. The molecule has 2 nitrogen and oxygen atoms in total. The smallest absolute Gasteiger partial charge is 0.508 e. The number of hydrogen-bond acceptors (Lipinski definition) is 2. The minimum atomic E-state index is -4.38. The molecule has 2 aromatic carbocycles. The average molecular weight is 546 g/mol. The molecule has 2 aliphatic carbocycles. The number of phenolic OH excluding ortho intramolecular Hbond substituents is 2. The van der Waals surface area contributed by atoms with Gasteiger partial charge in [-0.15, -0.1) is 12.8 Å². The Morgan fingerprint density at radius 1 is 0.636 bits per heavy atom. The Bertz CT molecular complexity index is 847. The third kappa shape index (κ3) is 14.3. The zero-order valence-corrected chi connectivity index (χ0v) is 19.6. The van der Waals surface area contributed by atoms with E-state index in [9.17, 15) is 26.3 Å². The van der Waals surface area contributed by atoms with Crippen LogP contribution in [0.15, 0.2) is 85.0 Å². The Hall–Kier alpha value is -2.54. The second kappa shape index (κ2) is 15.3. The summed E-state index contributed by atoms with van der Waals surface area (Å²) < 4.78 is 71.1. The van der Waals surface area contributed by atoms with Crippen molar-refractivity contribution in [1.29, 1.82) is 0 Å². The number of rotatable bonds is 0. The van der Waals surface area contributed by atoms with Crippen LogP contribution < -0.4 is 0 Å². The quantitative estimate of drug-likeness (QED) is 0.267. The number of alkyl halides is 6. The largest absolute Gasteiger partial charge is 2.00 e. The van der Waals surface area contributed by atoms with Gasteiger partial charge in [-0.25, -0.2) is 24.3 Å². The van der Waals surface area contributed by atoms with Crippen LogP contribution in [0.4, 0.5) is 26.3 Å². The van der Waals surface area contributed by atoms with E-state index in [-0.39, 0.29) is 37.7 Å². The Morgan fingerprint density at radius 2 is 1.00 bits per heavy atom. The molecule has 0 radical (unpaired) electrons. The van der Waals surface area contributed by atoms with Crippen LogP contribution >= 0.6 is 0 Å². The fourth-order valence-corrected chi connectivity index (χ4v) is 2.04. The van der Waals surface area contributed by atoms with Gasteiger partial charge >= 0.3 is 38.6 Å². The van der Waals surface area contributed by atoms with Gasteiger partial charge in [0.15, 0.2) is 0 Å². The predicted molar refractivity (Wildman–Crippen MR) is 109 cm³/mol. The van der Waals surface area contributed by atoms with E-state index in [2.05, 4.69) is 24.3 Å². The molecule has 33 heavy (non-hydrogen) atoms. The number of benzene rings is 2. The van der Waals surface area contributed by atoms with E-state index in [1.165, 1.54) is 12.1 Å². The summed E-state index contributed by atoms with van der Waals surface area (Å²) in [6.45, 7) is 0. The van der Waals surface area contributed by atoms with Crippen LogP contribution in [-0.4, -0.2) is 10.2 Å². The van der Waals surface area contributed by atoms with Gasteiger partial charge in [-0.1, -0.05) is 12.1 Å². The maximum Gasteiger partial charge on any atom is 2.00 e. The predicted octanol–water partition coefficient (Wildman–Crippen LogP) is 7.43. The third-order valence-corrected chi connectivity index (χ3v) is 3.52. The maximum absolute atomic E-state index is 11.9. The Kier molecular flexibility index (Phi) is 14.1. The van der Waals surface area contributed by atoms with Crippen molar-refractivity contribution in [3.05, 3.63) is 108 Å². The van der Waals surface area contributed by atoms with E-state index in [4.69, 9.17) is 10.2 Å². The van der Waals surface area contributed by atoms with Crippen molar-refractivity contribution >= 4 is 0 Å². The van der Waals surface area contributed by atoms with Crippen LogP contribution in [0.2, 0.25) is 0 Å². The molecule has 0 saturated heterocycles. The van der Waals surface area contributed by atoms with E-state index >= 15 is 0 Å². The van der Waals surface area contributed by atoms with Crippen molar-refractivity contribution in [3.63, 3.8) is 0 Å². The number of hydrogen-bond donors (Lipinski definition) is 2. The molecule has 0 saturated carbocycles. The van der Waals surface area contributed by atoms with E-state index in [0.717, 1.165) is 37.1 Å². The summed E-state index contributed by atoms with van der Waals surface area (Å²) in [5.74, 6) is -0.750. The molecule has 0 aliphatic heterocycles. The molecule has 0 aromatic heterocycles. The van der Waals surface area contributed by atoms with Gasteiger partial charge in [-0.2, -0.15) is 38.5 Å². The molecule has 0 atom stereocenters. The summed E-state index contributed by atoms with van der Waals surface area (Å²) in [7, 11) is 0. The molecule has 0 heterocycles. The zero-order chi connectivity index (χ0) is 24.0. The van der Waals surface area contributed by atoms with Crippen LogP contribution in [0, 0.1) is 12.2 Å². The van der Waals surface area contributed by atoms with Crippen LogP contribution in [0.1, 0.15) is 24.0 Å². The molecule has 0 unspecified atom stereocenters. The summed E-state index contributed by atoms with van der Waals surface area (Å²) in [6, 6.07) is 7.85. The fraction of sp³-hybridized carbons (Fsp3) is 0.167. The number of halogens is 6. The van der Waals surface area contributed by atoms with E-state index in [1.807, 2.05) is 24.3 Å². The number of allylic oxidation sites excluding steroid dienone is 8. The van der Waals surface area contributed by atoms with Crippen LogP contribution in [0.5, 0.6) is 11.5 Å². The van der Waals surface area contributed by atoms with Gasteiger partial charge in [0.05, 0.1) is 11.1 Å². The number of aromatic hydroxyl groups is 2. The molecule has 0 spiro atoms. The van der Waals surface area contributed by atoms with Crippen LogP contribution in [0.25, 0.3) is 0 Å². The summed E-state index contributed by atoms with van der Waals surface area (Å²) in [5, 5.41) is 17.4. The van der Waals surface area contributed by atoms with Crippen molar-refractivity contribution in [2.75, 3.05) is 0 Å². The first kappa shape index (κ1) is 30.5. The van der Waals surface area contributed by atoms with Gasteiger partial charge < -0.3 is 10.2 Å². The Balaban J connectivity index is 0.000000434. The standard InChI is InChI=1S/2C7H5F3O.2C5H5.Zr/c2*8-7(9,10)5-2-1-3-6(11)4-5;2*1-2-4-5-3-1;/h2*1-4,11H;2*1-3H,4H2;/q;;2*-1;+2. The van der Waals surface area contributed by atoms with E-state index < -0.39 is 23.5 Å². The van der Waals surface area contributed by atoms with Crippen molar-refractivity contribution in [1.82, 2.24) is 0 Å². The summed E-state index contributed by atoms with van der Waals surface area (Å²) in [5.41, 5.74) is -1.67. The second-order valence-electron chi connectivity index (χ2n) is 6.10. The first-order valence-corrected chi connectivity index (χ1v) is 9.16. The summed E-state index contributed by atoms with van der Waals surface area (Å²) in [6.07, 6.45) is 11.2. The molecule has 2 aliphatic rings. The van der Waals surface area contributed by atoms with Crippen molar-refractivity contribution < 1.29 is 62.8 Å². The van der Waals surface area contributed by atoms with Crippen LogP contribution in [0.3, 0.4) is 0 Å². The average Bonchev–Trinajstić information content (AvgIpc) is 3.46. The molecule has 9 heteroatoms. The van der Waals surface area contributed by atoms with Gasteiger partial charge in [0.1, 0.15) is 11.5 Å². The van der Waals surface area contributed by atoms with E-state index in [0.29, 0.717) is 12.1 Å².